The van der Waals surface area contributed by atoms with Gasteiger partial charge in [0.05, 0.1) is 16.9 Å². The number of hydrogen-bond acceptors (Lipinski definition) is 10. The van der Waals surface area contributed by atoms with Gasteiger partial charge < -0.3 is 35.1 Å². The molecule has 0 unspecified atom stereocenters. The highest BCUT2D eigenvalue weighted by atomic mass is 32.2. The van der Waals surface area contributed by atoms with Gasteiger partial charge >= 0.3 is 23.5 Å². The molecule has 0 saturated carbocycles. The Labute approximate surface area is 184 Å². The fraction of sp³-hybridized carbons (Fsp3) is 0.550. The number of aromatic carboxylic acids is 1. The van der Waals surface area contributed by atoms with E-state index in [0.717, 1.165) is 11.8 Å². The van der Waals surface area contributed by atoms with E-state index in [1.807, 2.05) is 0 Å². The van der Waals surface area contributed by atoms with Crippen LogP contribution in [0.15, 0.2) is 4.90 Å². The molecule has 0 bridgehead atoms. The van der Waals surface area contributed by atoms with Gasteiger partial charge in [0, 0.05) is 4.90 Å². The highest BCUT2D eigenvalue weighted by Crippen LogP contribution is 2.52. The zero-order valence-corrected chi connectivity index (χ0v) is 19.6. The standard InChI is InChI=1S/C20H28N2O8S/c1-9-11(15(23)24)12(21)10(2)13-14(9)31-20(22-13,29-16(25)27-18(3,4)5)30-17(26)28-19(6,7)8/h22H,21H2,1-8H3,(H,23,24). The van der Waals surface area contributed by atoms with Crippen LogP contribution in [0.3, 0.4) is 0 Å². The zero-order chi connectivity index (χ0) is 23.9. The summed E-state index contributed by atoms with van der Waals surface area (Å²) in [4.78, 5) is 36.9. The Morgan fingerprint density at radius 3 is 1.77 bits per heavy atom. The van der Waals surface area contributed by atoms with Crippen LogP contribution in [-0.2, 0) is 18.9 Å². The van der Waals surface area contributed by atoms with Crippen LogP contribution in [0.4, 0.5) is 21.0 Å². The smallest absolute Gasteiger partial charge is 0.478 e. The molecule has 0 atom stereocenters. The molecule has 172 valence electrons. The molecule has 0 radical (unpaired) electrons. The van der Waals surface area contributed by atoms with Gasteiger partial charge in [-0.05, 0) is 78.3 Å². The minimum absolute atomic E-state index is 0.0437. The SMILES string of the molecule is Cc1c(N)c(C(=O)O)c(C)c2c1NC(OC(=O)OC(C)(C)C)(OC(=O)OC(C)(C)C)S2. The number of nitrogens with two attached hydrogens (primary N) is 1. The molecule has 4 N–H and O–H groups in total. The lowest BCUT2D eigenvalue weighted by Gasteiger charge is -2.30. The van der Waals surface area contributed by atoms with Gasteiger partial charge in [-0.2, -0.15) is 0 Å². The molecule has 1 aliphatic heterocycles. The van der Waals surface area contributed by atoms with Crippen molar-refractivity contribution in [2.45, 2.75) is 76.7 Å². The van der Waals surface area contributed by atoms with Crippen LogP contribution in [0.1, 0.15) is 63.0 Å². The van der Waals surface area contributed by atoms with E-state index in [4.69, 9.17) is 24.7 Å². The summed E-state index contributed by atoms with van der Waals surface area (Å²) in [7, 11) is 0. The maximum Gasteiger partial charge on any atom is 0.514 e. The molecule has 2 rings (SSSR count). The monoisotopic (exact) mass is 456 g/mol. The Hall–Kier alpha value is -2.82. The van der Waals surface area contributed by atoms with Crippen molar-refractivity contribution in [3.8, 4) is 0 Å². The Kier molecular flexibility index (Phi) is 6.33. The molecule has 1 heterocycles. The van der Waals surface area contributed by atoms with E-state index in [1.165, 1.54) is 0 Å². The van der Waals surface area contributed by atoms with Gasteiger partial charge in [0.1, 0.15) is 11.2 Å². The molecule has 1 aromatic carbocycles. The Morgan fingerprint density at radius 2 is 1.39 bits per heavy atom. The van der Waals surface area contributed by atoms with Gasteiger partial charge in [-0.25, -0.2) is 14.4 Å². The van der Waals surface area contributed by atoms with E-state index < -0.39 is 34.7 Å². The lowest BCUT2D eigenvalue weighted by Crippen LogP contribution is -2.44. The minimum atomic E-state index is -2.09. The number of carboxylic acids is 1. The number of nitrogens with one attached hydrogen (secondary N) is 1. The summed E-state index contributed by atoms with van der Waals surface area (Å²) in [6, 6.07) is 0. The lowest BCUT2D eigenvalue weighted by molar-refractivity contribution is -0.131. The first-order chi connectivity index (χ1) is 13.9. The van der Waals surface area contributed by atoms with Crippen molar-refractivity contribution in [3.63, 3.8) is 0 Å². The number of thioether (sulfide) groups is 1. The van der Waals surface area contributed by atoms with Crippen LogP contribution < -0.4 is 11.1 Å². The fourth-order valence-electron chi connectivity index (χ4n) is 2.74. The fourth-order valence-corrected chi connectivity index (χ4v) is 3.94. The molecule has 0 aliphatic carbocycles. The van der Waals surface area contributed by atoms with Gasteiger partial charge in [-0.3, -0.25) is 0 Å². The number of carboxylic acid groups (broad SMARTS) is 1. The second-order valence-corrected chi connectivity index (χ2v) is 10.1. The summed E-state index contributed by atoms with van der Waals surface area (Å²) in [6.07, 6.45) is -2.21. The van der Waals surface area contributed by atoms with E-state index in [1.54, 1.807) is 55.4 Å². The topological polar surface area (TPSA) is 146 Å². The third-order valence-corrected chi connectivity index (χ3v) is 5.19. The van der Waals surface area contributed by atoms with E-state index in [2.05, 4.69) is 5.32 Å². The maximum atomic E-state index is 12.4. The molecule has 1 aromatic rings. The number of ether oxygens (including phenoxy) is 4. The third kappa shape index (κ3) is 5.66. The van der Waals surface area contributed by atoms with Crippen molar-refractivity contribution in [1.29, 1.82) is 0 Å². The van der Waals surface area contributed by atoms with Crippen molar-refractivity contribution < 1.29 is 38.4 Å². The number of carbonyl (C=O) groups is 3. The van der Waals surface area contributed by atoms with Crippen molar-refractivity contribution >= 4 is 41.4 Å². The van der Waals surface area contributed by atoms with Gasteiger partial charge in [0.25, 0.3) is 0 Å². The highest BCUT2D eigenvalue weighted by molar-refractivity contribution is 8.01. The summed E-state index contributed by atoms with van der Waals surface area (Å²) >= 11 is 0.797. The number of fused-ring (bicyclic) bond motifs is 1. The minimum Gasteiger partial charge on any atom is -0.478 e. The summed E-state index contributed by atoms with van der Waals surface area (Å²) in [5.74, 6) is -1.21. The quantitative estimate of drug-likeness (QED) is 0.332. The summed E-state index contributed by atoms with van der Waals surface area (Å²) < 4.78 is 21.1. The van der Waals surface area contributed by atoms with Crippen molar-refractivity contribution in [2.24, 2.45) is 0 Å². The second-order valence-electron chi connectivity index (χ2n) is 8.96. The summed E-state index contributed by atoms with van der Waals surface area (Å²) in [5, 5.41) is 10.3. The van der Waals surface area contributed by atoms with Crippen LogP contribution >= 0.6 is 11.8 Å². The van der Waals surface area contributed by atoms with Gasteiger partial charge in [0.15, 0.2) is 0 Å². The summed E-state index contributed by atoms with van der Waals surface area (Å²) in [6.45, 7) is 13.0. The van der Waals surface area contributed by atoms with Crippen LogP contribution in [-0.4, -0.2) is 39.8 Å². The van der Waals surface area contributed by atoms with E-state index in [-0.39, 0.29) is 11.3 Å². The van der Waals surface area contributed by atoms with Gasteiger partial charge in [-0.15, -0.1) is 0 Å². The number of benzene rings is 1. The largest absolute Gasteiger partial charge is 0.514 e. The Balaban J connectivity index is 2.49. The molecule has 0 fully saturated rings. The normalized spacial score (nSPS) is 14.8. The average molecular weight is 457 g/mol. The first kappa shape index (κ1) is 24.4. The molecular weight excluding hydrogens is 428 g/mol. The number of carbonyl (C=O) groups excluding carboxylic acids is 2. The highest BCUT2D eigenvalue weighted by Gasteiger charge is 2.50. The maximum absolute atomic E-state index is 12.4. The number of nitrogen functional groups attached to an aromatic ring is 1. The van der Waals surface area contributed by atoms with Gasteiger partial charge in [0.2, 0.25) is 0 Å². The average Bonchev–Trinajstić information content (AvgIpc) is 2.88. The molecule has 0 spiro atoms. The van der Waals surface area contributed by atoms with E-state index >= 15 is 0 Å². The van der Waals surface area contributed by atoms with Crippen molar-refractivity contribution in [1.82, 2.24) is 0 Å². The predicted molar refractivity (Wildman–Crippen MR) is 114 cm³/mol. The molecule has 31 heavy (non-hydrogen) atoms. The molecule has 0 aromatic heterocycles. The molecular formula is C20H28N2O8S. The van der Waals surface area contributed by atoms with E-state index in [9.17, 15) is 19.5 Å². The first-order valence-corrected chi connectivity index (χ1v) is 10.2. The number of rotatable bonds is 3. The molecule has 10 nitrogen and oxygen atoms in total. The van der Waals surface area contributed by atoms with Crippen LogP contribution in [0, 0.1) is 13.8 Å². The van der Waals surface area contributed by atoms with E-state index in [0.29, 0.717) is 21.7 Å². The van der Waals surface area contributed by atoms with Gasteiger partial charge in [-0.1, -0.05) is 0 Å². The van der Waals surface area contributed by atoms with Crippen LogP contribution in [0.5, 0.6) is 0 Å². The number of hydrogen-bond donors (Lipinski definition) is 3. The first-order valence-electron chi connectivity index (χ1n) is 9.42. The Morgan fingerprint density at radius 1 is 0.935 bits per heavy atom. The number of anilines is 2. The molecule has 1 aliphatic rings. The van der Waals surface area contributed by atoms with Crippen molar-refractivity contribution in [2.75, 3.05) is 11.1 Å². The van der Waals surface area contributed by atoms with Crippen LogP contribution in [0.2, 0.25) is 0 Å². The predicted octanol–water partition coefficient (Wildman–Crippen LogP) is 4.62. The third-order valence-electron chi connectivity index (χ3n) is 3.93. The summed E-state index contributed by atoms with van der Waals surface area (Å²) in [5.41, 5.74) is 5.33. The Bertz CT molecular complexity index is 901. The zero-order valence-electron chi connectivity index (χ0n) is 18.8. The second kappa shape index (κ2) is 8.03. The molecule has 0 amide bonds. The molecule has 0 saturated heterocycles. The van der Waals surface area contributed by atoms with Crippen LogP contribution in [0.25, 0.3) is 0 Å². The lowest BCUT2D eigenvalue weighted by atomic mass is 10.0. The molecule has 11 heteroatoms. The van der Waals surface area contributed by atoms with Crippen molar-refractivity contribution in [3.05, 3.63) is 16.7 Å².